The summed E-state index contributed by atoms with van der Waals surface area (Å²) in [6.45, 7) is 10.2. The zero-order valence-corrected chi connectivity index (χ0v) is 12.7. The Bertz CT molecular complexity index is 367. The smallest absolute Gasteiger partial charge is 0.240 e. The van der Waals surface area contributed by atoms with Gasteiger partial charge in [-0.15, -0.1) is 0 Å². The van der Waals surface area contributed by atoms with Crippen molar-refractivity contribution < 1.29 is 14.4 Å². The van der Waals surface area contributed by atoms with Crippen molar-refractivity contribution in [2.24, 2.45) is 11.3 Å². The molecule has 19 heavy (non-hydrogen) atoms. The van der Waals surface area contributed by atoms with E-state index in [0.29, 0.717) is 19.4 Å². The molecule has 0 spiro atoms. The minimum atomic E-state index is -1.05. The highest BCUT2D eigenvalue weighted by atomic mass is 16.2. The number of hydrogen-bond acceptors (Lipinski definition) is 3. The first-order chi connectivity index (χ1) is 8.73. The summed E-state index contributed by atoms with van der Waals surface area (Å²) in [6.07, 6.45) is 1.45. The highest BCUT2D eigenvalue weighted by Crippen LogP contribution is 2.34. The average Bonchev–Trinajstić information content (AvgIpc) is 2.26. The van der Waals surface area contributed by atoms with E-state index in [0.717, 1.165) is 6.42 Å². The van der Waals surface area contributed by atoms with E-state index in [1.165, 1.54) is 0 Å². The Hall–Kier alpha value is -1.19. The largest absolute Gasteiger partial charge is 0.339 e. The van der Waals surface area contributed by atoms with E-state index in [4.69, 9.17) is 0 Å². The SMILES string of the molecule is CCC(C)N(CC)C(=O)C1C(=O)CC(C)(C)CC1=O. The van der Waals surface area contributed by atoms with Crippen LogP contribution in [0.25, 0.3) is 0 Å². The Kier molecular flexibility index (Phi) is 4.88. The number of Topliss-reactive ketones (excluding diaryl/α,β-unsaturated/α-hetero) is 2. The van der Waals surface area contributed by atoms with E-state index in [9.17, 15) is 14.4 Å². The van der Waals surface area contributed by atoms with Crippen LogP contribution in [0.15, 0.2) is 0 Å². The van der Waals surface area contributed by atoms with Crippen molar-refractivity contribution in [1.29, 1.82) is 0 Å². The lowest BCUT2D eigenvalue weighted by atomic mass is 9.71. The molecule has 0 saturated heterocycles. The fourth-order valence-corrected chi connectivity index (χ4v) is 2.74. The third-order valence-corrected chi connectivity index (χ3v) is 3.94. The molecule has 4 nitrogen and oxygen atoms in total. The van der Waals surface area contributed by atoms with Gasteiger partial charge in [0.1, 0.15) is 0 Å². The van der Waals surface area contributed by atoms with Gasteiger partial charge in [-0.2, -0.15) is 0 Å². The van der Waals surface area contributed by atoms with Crippen LogP contribution < -0.4 is 0 Å². The summed E-state index contributed by atoms with van der Waals surface area (Å²) in [7, 11) is 0. The topological polar surface area (TPSA) is 54.5 Å². The lowest BCUT2D eigenvalue weighted by molar-refractivity contribution is -0.151. The van der Waals surface area contributed by atoms with Gasteiger partial charge in [0.15, 0.2) is 17.5 Å². The molecule has 4 heteroatoms. The summed E-state index contributed by atoms with van der Waals surface area (Å²) >= 11 is 0. The normalized spacial score (nSPS) is 21.3. The fraction of sp³-hybridized carbons (Fsp3) is 0.800. The summed E-state index contributed by atoms with van der Waals surface area (Å²) in [5, 5.41) is 0. The Morgan fingerprint density at radius 1 is 1.26 bits per heavy atom. The molecule has 0 aromatic rings. The van der Waals surface area contributed by atoms with Gasteiger partial charge in [-0.05, 0) is 25.7 Å². The first-order valence-corrected chi connectivity index (χ1v) is 7.09. The van der Waals surface area contributed by atoms with Crippen LogP contribution in [0.2, 0.25) is 0 Å². The van der Waals surface area contributed by atoms with Crippen LogP contribution >= 0.6 is 0 Å². The molecule has 0 aromatic carbocycles. The van der Waals surface area contributed by atoms with Gasteiger partial charge >= 0.3 is 0 Å². The Morgan fingerprint density at radius 2 is 1.74 bits per heavy atom. The lowest BCUT2D eigenvalue weighted by Crippen LogP contribution is -2.50. The number of carbonyl (C=O) groups is 3. The Morgan fingerprint density at radius 3 is 2.11 bits per heavy atom. The van der Waals surface area contributed by atoms with Crippen LogP contribution in [0, 0.1) is 11.3 Å². The Balaban J connectivity index is 2.93. The second-order valence-electron chi connectivity index (χ2n) is 6.26. The van der Waals surface area contributed by atoms with Gasteiger partial charge in [-0.1, -0.05) is 20.8 Å². The van der Waals surface area contributed by atoms with Crippen LogP contribution in [0.3, 0.4) is 0 Å². The molecule has 0 bridgehead atoms. The van der Waals surface area contributed by atoms with Crippen molar-refractivity contribution in [2.75, 3.05) is 6.54 Å². The van der Waals surface area contributed by atoms with E-state index >= 15 is 0 Å². The highest BCUT2D eigenvalue weighted by Gasteiger charge is 2.45. The maximum atomic E-state index is 12.4. The quantitative estimate of drug-likeness (QED) is 0.734. The second-order valence-corrected chi connectivity index (χ2v) is 6.26. The number of carbonyl (C=O) groups excluding carboxylic acids is 3. The summed E-state index contributed by atoms with van der Waals surface area (Å²) in [6, 6.07) is 0.0630. The molecule has 108 valence electrons. The molecule has 0 heterocycles. The highest BCUT2D eigenvalue weighted by molar-refractivity contribution is 6.20. The summed E-state index contributed by atoms with van der Waals surface area (Å²) in [5.74, 6) is -1.79. The van der Waals surface area contributed by atoms with Crippen molar-refractivity contribution in [3.05, 3.63) is 0 Å². The molecule has 0 radical (unpaired) electrons. The molecule has 0 aromatic heterocycles. The third-order valence-electron chi connectivity index (χ3n) is 3.94. The van der Waals surface area contributed by atoms with E-state index < -0.39 is 5.92 Å². The molecule has 0 aliphatic heterocycles. The molecular formula is C15H25NO3. The first-order valence-electron chi connectivity index (χ1n) is 7.09. The fourth-order valence-electron chi connectivity index (χ4n) is 2.74. The number of amides is 1. The van der Waals surface area contributed by atoms with Crippen LogP contribution in [0.5, 0.6) is 0 Å². The zero-order chi connectivity index (χ0) is 14.8. The molecule has 1 fully saturated rings. The standard InChI is InChI=1S/C15H25NO3/c1-6-10(3)16(7-2)14(19)13-11(17)8-15(4,5)9-12(13)18/h10,13H,6-9H2,1-5H3. The number of ketones is 2. The summed E-state index contributed by atoms with van der Waals surface area (Å²) in [5.41, 5.74) is -0.307. The molecule has 1 atom stereocenters. The molecule has 1 unspecified atom stereocenters. The van der Waals surface area contributed by atoms with Gasteiger partial charge in [0.05, 0.1) is 0 Å². The van der Waals surface area contributed by atoms with Crippen molar-refractivity contribution >= 4 is 17.5 Å². The first kappa shape index (κ1) is 15.9. The lowest BCUT2D eigenvalue weighted by Gasteiger charge is -2.35. The molecule has 0 N–H and O–H groups in total. The maximum Gasteiger partial charge on any atom is 0.240 e. The van der Waals surface area contributed by atoms with Gasteiger partial charge in [-0.25, -0.2) is 0 Å². The van der Waals surface area contributed by atoms with Crippen molar-refractivity contribution in [1.82, 2.24) is 4.90 Å². The third kappa shape index (κ3) is 3.43. The number of nitrogens with zero attached hydrogens (tertiary/aromatic N) is 1. The zero-order valence-electron chi connectivity index (χ0n) is 12.7. The minimum absolute atomic E-state index is 0.0630. The summed E-state index contributed by atoms with van der Waals surface area (Å²) < 4.78 is 0. The molecule has 1 rings (SSSR count). The number of rotatable bonds is 4. The van der Waals surface area contributed by atoms with Gasteiger partial charge < -0.3 is 4.90 Å². The van der Waals surface area contributed by atoms with Gasteiger partial charge in [0.25, 0.3) is 0 Å². The van der Waals surface area contributed by atoms with Gasteiger partial charge in [-0.3, -0.25) is 14.4 Å². The minimum Gasteiger partial charge on any atom is -0.339 e. The van der Waals surface area contributed by atoms with E-state index in [2.05, 4.69) is 0 Å². The molecular weight excluding hydrogens is 242 g/mol. The van der Waals surface area contributed by atoms with Gasteiger partial charge in [0.2, 0.25) is 5.91 Å². The Labute approximate surface area is 115 Å². The van der Waals surface area contributed by atoms with Crippen LogP contribution in [-0.4, -0.2) is 35.0 Å². The maximum absolute atomic E-state index is 12.4. The van der Waals surface area contributed by atoms with Crippen molar-refractivity contribution in [3.8, 4) is 0 Å². The monoisotopic (exact) mass is 267 g/mol. The van der Waals surface area contributed by atoms with Gasteiger partial charge in [0, 0.05) is 25.4 Å². The molecule has 1 aliphatic carbocycles. The average molecular weight is 267 g/mol. The summed E-state index contributed by atoms with van der Waals surface area (Å²) in [4.78, 5) is 38.3. The molecule has 1 aliphatic rings. The van der Waals surface area contributed by atoms with Crippen LogP contribution in [0.1, 0.15) is 53.9 Å². The predicted molar refractivity (Wildman–Crippen MR) is 73.7 cm³/mol. The van der Waals surface area contributed by atoms with Crippen LogP contribution in [0.4, 0.5) is 0 Å². The number of hydrogen-bond donors (Lipinski definition) is 0. The molecule has 1 amide bonds. The van der Waals surface area contributed by atoms with Crippen LogP contribution in [-0.2, 0) is 14.4 Å². The van der Waals surface area contributed by atoms with Crippen molar-refractivity contribution in [3.63, 3.8) is 0 Å². The van der Waals surface area contributed by atoms with E-state index in [-0.39, 0.29) is 28.9 Å². The van der Waals surface area contributed by atoms with E-state index in [1.54, 1.807) is 4.90 Å². The van der Waals surface area contributed by atoms with E-state index in [1.807, 2.05) is 34.6 Å². The molecule has 1 saturated carbocycles. The van der Waals surface area contributed by atoms with Crippen molar-refractivity contribution in [2.45, 2.75) is 59.9 Å². The second kappa shape index (κ2) is 5.85. The predicted octanol–water partition coefficient (Wildman–Crippen LogP) is 2.21.